The molecule has 0 radical (unpaired) electrons. The topological polar surface area (TPSA) is 99.1 Å². The van der Waals surface area contributed by atoms with Gasteiger partial charge in [0.1, 0.15) is 5.25 Å². The predicted molar refractivity (Wildman–Crippen MR) is 66.7 cm³/mol. The Morgan fingerprint density at radius 1 is 1.44 bits per heavy atom. The molecule has 0 spiro atoms. The van der Waals surface area contributed by atoms with Crippen molar-refractivity contribution in [1.29, 1.82) is 0 Å². The summed E-state index contributed by atoms with van der Waals surface area (Å²) in [6, 6.07) is 0.173. The molecule has 0 aromatic carbocycles. The van der Waals surface area contributed by atoms with Crippen LogP contribution in [0.2, 0.25) is 0 Å². The van der Waals surface area contributed by atoms with Gasteiger partial charge in [-0.15, -0.1) is 0 Å². The molecule has 0 amide bonds. The maximum absolute atomic E-state index is 11.4. The van der Waals surface area contributed by atoms with Gasteiger partial charge in [0, 0.05) is 18.2 Å². The van der Waals surface area contributed by atoms with Crippen molar-refractivity contribution in [3.63, 3.8) is 0 Å². The molecule has 0 saturated heterocycles. The van der Waals surface area contributed by atoms with Gasteiger partial charge in [0.15, 0.2) is 15.7 Å². The lowest BCUT2D eigenvalue weighted by atomic mass is 9.86. The molecule has 102 valence electrons. The first-order valence-electron chi connectivity index (χ1n) is 6.16. The highest BCUT2D eigenvalue weighted by Crippen LogP contribution is 2.32. The van der Waals surface area contributed by atoms with E-state index in [2.05, 4.69) is 10.1 Å². The van der Waals surface area contributed by atoms with Crippen molar-refractivity contribution in [1.82, 2.24) is 10.1 Å². The third-order valence-corrected chi connectivity index (χ3v) is 5.02. The lowest BCUT2D eigenvalue weighted by Crippen LogP contribution is -2.27. The lowest BCUT2D eigenvalue weighted by molar-refractivity contribution is 0.297. The van der Waals surface area contributed by atoms with E-state index in [9.17, 15) is 8.42 Å². The normalized spacial score (nSPS) is 27.1. The molecule has 3 atom stereocenters. The van der Waals surface area contributed by atoms with Gasteiger partial charge in [-0.25, -0.2) is 8.42 Å². The Morgan fingerprint density at radius 2 is 2.17 bits per heavy atom. The SMILES string of the molecule is CC(c1noc(C2CCCC(N)C2)n1)S(C)(=O)=O. The Labute approximate surface area is 107 Å². The van der Waals surface area contributed by atoms with Gasteiger partial charge in [0.05, 0.1) is 0 Å². The van der Waals surface area contributed by atoms with Crippen LogP contribution in [0, 0.1) is 0 Å². The van der Waals surface area contributed by atoms with Crippen LogP contribution in [0.15, 0.2) is 4.52 Å². The second-order valence-electron chi connectivity index (χ2n) is 5.09. The first-order chi connectivity index (χ1) is 8.38. The van der Waals surface area contributed by atoms with Crippen molar-refractivity contribution in [3.05, 3.63) is 11.7 Å². The zero-order valence-electron chi connectivity index (χ0n) is 10.7. The molecule has 1 fully saturated rings. The standard InChI is InChI=1S/C11H19N3O3S/c1-7(18(2,15)16)10-13-11(17-14-10)8-4-3-5-9(12)6-8/h7-9H,3-6,12H2,1-2H3. The van der Waals surface area contributed by atoms with Crippen molar-refractivity contribution in [2.45, 2.75) is 49.8 Å². The van der Waals surface area contributed by atoms with Crippen LogP contribution in [0.25, 0.3) is 0 Å². The Balaban J connectivity index is 2.15. The molecular formula is C11H19N3O3S. The lowest BCUT2D eigenvalue weighted by Gasteiger charge is -2.23. The molecule has 2 N–H and O–H groups in total. The van der Waals surface area contributed by atoms with Crippen molar-refractivity contribution in [2.24, 2.45) is 5.73 Å². The number of rotatable bonds is 3. The average molecular weight is 273 g/mol. The second-order valence-corrected chi connectivity index (χ2v) is 7.45. The van der Waals surface area contributed by atoms with Crippen LogP contribution in [0.4, 0.5) is 0 Å². The third-order valence-electron chi connectivity index (χ3n) is 3.53. The molecule has 1 aromatic rings. The quantitative estimate of drug-likeness (QED) is 0.887. The molecular weight excluding hydrogens is 254 g/mol. The number of sulfone groups is 1. The minimum atomic E-state index is -3.19. The van der Waals surface area contributed by atoms with Gasteiger partial charge in [-0.05, 0) is 26.2 Å². The summed E-state index contributed by atoms with van der Waals surface area (Å²) in [4.78, 5) is 4.22. The molecule has 1 saturated carbocycles. The van der Waals surface area contributed by atoms with Crippen LogP contribution in [0.5, 0.6) is 0 Å². The average Bonchev–Trinajstić information content (AvgIpc) is 2.75. The largest absolute Gasteiger partial charge is 0.339 e. The van der Waals surface area contributed by atoms with Crippen LogP contribution in [0.3, 0.4) is 0 Å². The van der Waals surface area contributed by atoms with Gasteiger partial charge in [-0.2, -0.15) is 4.98 Å². The molecule has 1 aromatic heterocycles. The molecule has 1 aliphatic rings. The fourth-order valence-corrected chi connectivity index (χ4v) is 2.70. The van der Waals surface area contributed by atoms with E-state index >= 15 is 0 Å². The highest BCUT2D eigenvalue weighted by Gasteiger charge is 2.28. The van der Waals surface area contributed by atoms with Gasteiger partial charge >= 0.3 is 0 Å². The minimum absolute atomic E-state index is 0.168. The molecule has 7 heteroatoms. The predicted octanol–water partition coefficient (Wildman–Crippen LogP) is 1.16. The third kappa shape index (κ3) is 2.89. The zero-order chi connectivity index (χ0) is 13.3. The Hall–Kier alpha value is -0.950. The number of hydrogen-bond donors (Lipinski definition) is 1. The molecule has 3 unspecified atom stereocenters. The summed E-state index contributed by atoms with van der Waals surface area (Å²) in [6.07, 6.45) is 5.05. The monoisotopic (exact) mass is 273 g/mol. The Bertz CT molecular complexity index is 511. The summed E-state index contributed by atoms with van der Waals surface area (Å²) in [5.41, 5.74) is 5.91. The summed E-state index contributed by atoms with van der Waals surface area (Å²) in [5, 5.41) is 3.05. The van der Waals surface area contributed by atoms with Crippen LogP contribution in [0.1, 0.15) is 55.5 Å². The number of nitrogens with two attached hydrogens (primary N) is 1. The number of hydrogen-bond acceptors (Lipinski definition) is 6. The van der Waals surface area contributed by atoms with Gasteiger partial charge in [-0.1, -0.05) is 11.6 Å². The van der Waals surface area contributed by atoms with E-state index < -0.39 is 15.1 Å². The maximum atomic E-state index is 11.4. The molecule has 18 heavy (non-hydrogen) atoms. The summed E-state index contributed by atoms with van der Waals surface area (Å²) in [7, 11) is -3.19. The highest BCUT2D eigenvalue weighted by atomic mass is 32.2. The van der Waals surface area contributed by atoms with Crippen molar-refractivity contribution in [3.8, 4) is 0 Å². The molecule has 1 heterocycles. The Morgan fingerprint density at radius 3 is 2.78 bits per heavy atom. The number of aromatic nitrogens is 2. The highest BCUT2D eigenvalue weighted by molar-refractivity contribution is 7.90. The summed E-state index contributed by atoms with van der Waals surface area (Å²) in [5.74, 6) is 0.934. The van der Waals surface area contributed by atoms with Crippen LogP contribution in [-0.4, -0.2) is 30.9 Å². The molecule has 0 bridgehead atoms. The maximum Gasteiger partial charge on any atom is 0.229 e. The zero-order valence-corrected chi connectivity index (χ0v) is 11.5. The van der Waals surface area contributed by atoms with Crippen LogP contribution < -0.4 is 5.73 Å². The van der Waals surface area contributed by atoms with E-state index in [0.717, 1.165) is 25.7 Å². The molecule has 1 aliphatic carbocycles. The van der Waals surface area contributed by atoms with Crippen molar-refractivity contribution < 1.29 is 12.9 Å². The smallest absolute Gasteiger partial charge is 0.229 e. The fraction of sp³-hybridized carbons (Fsp3) is 0.818. The Kier molecular flexibility index (Phi) is 3.72. The molecule has 0 aliphatic heterocycles. The van der Waals surface area contributed by atoms with E-state index in [0.29, 0.717) is 5.89 Å². The van der Waals surface area contributed by atoms with Crippen LogP contribution in [-0.2, 0) is 9.84 Å². The molecule has 6 nitrogen and oxygen atoms in total. The van der Waals surface area contributed by atoms with E-state index in [1.807, 2.05) is 0 Å². The summed E-state index contributed by atoms with van der Waals surface area (Å²) in [6.45, 7) is 1.57. The van der Waals surface area contributed by atoms with Crippen molar-refractivity contribution >= 4 is 9.84 Å². The van der Waals surface area contributed by atoms with Gasteiger partial charge in [0.2, 0.25) is 5.89 Å². The second kappa shape index (κ2) is 4.97. The van der Waals surface area contributed by atoms with Crippen LogP contribution >= 0.6 is 0 Å². The van der Waals surface area contributed by atoms with Gasteiger partial charge in [0.25, 0.3) is 0 Å². The van der Waals surface area contributed by atoms with E-state index in [1.54, 1.807) is 6.92 Å². The first-order valence-corrected chi connectivity index (χ1v) is 8.11. The summed E-state index contributed by atoms with van der Waals surface area (Å²) >= 11 is 0. The number of nitrogens with zero attached hydrogens (tertiary/aromatic N) is 2. The van der Waals surface area contributed by atoms with Gasteiger partial charge in [-0.3, -0.25) is 0 Å². The van der Waals surface area contributed by atoms with E-state index in [-0.39, 0.29) is 17.8 Å². The van der Waals surface area contributed by atoms with Crippen molar-refractivity contribution in [2.75, 3.05) is 6.26 Å². The molecule has 2 rings (SSSR count). The first kappa shape index (κ1) is 13.5. The van der Waals surface area contributed by atoms with Gasteiger partial charge < -0.3 is 10.3 Å². The van der Waals surface area contributed by atoms with E-state index in [1.165, 1.54) is 6.26 Å². The fourth-order valence-electron chi connectivity index (χ4n) is 2.22. The summed E-state index contributed by atoms with van der Waals surface area (Å²) < 4.78 is 28.0. The minimum Gasteiger partial charge on any atom is -0.339 e. The van der Waals surface area contributed by atoms with E-state index in [4.69, 9.17) is 10.3 Å².